The van der Waals surface area contributed by atoms with Gasteiger partial charge in [0.05, 0.1) is 5.92 Å². The Morgan fingerprint density at radius 1 is 1.09 bits per heavy atom. The molecule has 1 unspecified atom stereocenters. The SMILES string of the molecule is Cc1c(NC(=O)C(C)c2ccccc2)ccc(F)c1CN1CCN(C(=O)C2CCCC2)[C@@H](C)C1. The molecule has 6 heteroatoms. The van der Waals surface area contributed by atoms with Crippen molar-refractivity contribution in [1.29, 1.82) is 0 Å². The minimum Gasteiger partial charge on any atom is -0.337 e. The lowest BCUT2D eigenvalue weighted by atomic mass is 9.99. The molecule has 2 aromatic rings. The summed E-state index contributed by atoms with van der Waals surface area (Å²) in [7, 11) is 0. The lowest BCUT2D eigenvalue weighted by molar-refractivity contribution is -0.140. The lowest BCUT2D eigenvalue weighted by Gasteiger charge is -2.41. The van der Waals surface area contributed by atoms with Crippen LogP contribution < -0.4 is 5.32 Å². The first-order valence-electron chi connectivity index (χ1n) is 12.5. The first kappa shape index (κ1) is 24.4. The Morgan fingerprint density at radius 2 is 1.79 bits per heavy atom. The average molecular weight is 466 g/mol. The zero-order chi connectivity index (χ0) is 24.2. The summed E-state index contributed by atoms with van der Waals surface area (Å²) < 4.78 is 14.8. The minimum atomic E-state index is -0.305. The number of benzene rings is 2. The van der Waals surface area contributed by atoms with Crippen molar-refractivity contribution in [3.8, 4) is 0 Å². The van der Waals surface area contributed by atoms with Gasteiger partial charge in [-0.15, -0.1) is 0 Å². The maximum atomic E-state index is 14.8. The third kappa shape index (κ3) is 5.33. The molecule has 34 heavy (non-hydrogen) atoms. The number of halogens is 1. The smallest absolute Gasteiger partial charge is 0.231 e. The van der Waals surface area contributed by atoms with Crippen molar-refractivity contribution in [2.24, 2.45) is 5.92 Å². The number of carbonyl (C=O) groups is 2. The fraction of sp³-hybridized carbons (Fsp3) is 0.500. The maximum Gasteiger partial charge on any atom is 0.231 e. The van der Waals surface area contributed by atoms with Crippen molar-refractivity contribution < 1.29 is 14.0 Å². The highest BCUT2D eigenvalue weighted by Gasteiger charge is 2.33. The second kappa shape index (κ2) is 10.7. The van der Waals surface area contributed by atoms with Crippen LogP contribution in [0, 0.1) is 18.7 Å². The standard InChI is InChI=1S/C28H36FN3O2/c1-19-17-31(15-16-32(19)28(34)23-11-7-8-12-23)18-24-21(3)26(14-13-25(24)29)30-27(33)20(2)22-9-5-4-6-10-22/h4-6,9-10,13-14,19-20,23H,7-8,11-12,15-18H2,1-3H3,(H,30,33)/t19-,20?/m0/s1. The van der Waals surface area contributed by atoms with Crippen molar-refractivity contribution in [2.45, 2.75) is 65.0 Å². The molecule has 1 aliphatic carbocycles. The van der Waals surface area contributed by atoms with Gasteiger partial charge in [0, 0.05) is 49.4 Å². The topological polar surface area (TPSA) is 52.7 Å². The largest absolute Gasteiger partial charge is 0.337 e. The van der Waals surface area contributed by atoms with E-state index in [2.05, 4.69) is 17.1 Å². The third-order valence-electron chi connectivity index (χ3n) is 7.57. The number of amides is 2. The monoisotopic (exact) mass is 465 g/mol. The summed E-state index contributed by atoms with van der Waals surface area (Å²) in [6, 6.07) is 12.8. The molecule has 0 spiro atoms. The number of hydrogen-bond donors (Lipinski definition) is 1. The van der Waals surface area contributed by atoms with E-state index in [1.165, 1.54) is 6.07 Å². The molecule has 5 nitrogen and oxygen atoms in total. The molecule has 0 bridgehead atoms. The highest BCUT2D eigenvalue weighted by molar-refractivity contribution is 5.96. The van der Waals surface area contributed by atoms with E-state index in [0.29, 0.717) is 30.2 Å². The van der Waals surface area contributed by atoms with Gasteiger partial charge in [-0.3, -0.25) is 14.5 Å². The van der Waals surface area contributed by atoms with Crippen molar-refractivity contribution >= 4 is 17.5 Å². The van der Waals surface area contributed by atoms with Gasteiger partial charge in [-0.05, 0) is 56.9 Å². The molecule has 1 saturated heterocycles. The van der Waals surface area contributed by atoms with E-state index in [9.17, 15) is 14.0 Å². The summed E-state index contributed by atoms with van der Waals surface area (Å²) in [4.78, 5) is 30.0. The van der Waals surface area contributed by atoms with Gasteiger partial charge in [0.25, 0.3) is 0 Å². The van der Waals surface area contributed by atoms with E-state index in [0.717, 1.165) is 49.9 Å². The first-order valence-corrected chi connectivity index (χ1v) is 12.5. The number of hydrogen-bond acceptors (Lipinski definition) is 3. The molecule has 1 heterocycles. The summed E-state index contributed by atoms with van der Waals surface area (Å²) in [6.45, 7) is 8.42. The van der Waals surface area contributed by atoms with Crippen molar-refractivity contribution in [3.05, 3.63) is 65.0 Å². The van der Waals surface area contributed by atoms with Gasteiger partial charge >= 0.3 is 0 Å². The van der Waals surface area contributed by atoms with E-state index in [-0.39, 0.29) is 29.6 Å². The summed E-state index contributed by atoms with van der Waals surface area (Å²) in [6.07, 6.45) is 4.33. The van der Waals surface area contributed by atoms with Gasteiger partial charge < -0.3 is 10.2 Å². The second-order valence-electron chi connectivity index (χ2n) is 9.92. The number of anilines is 1. The lowest BCUT2D eigenvalue weighted by Crippen LogP contribution is -2.54. The molecule has 2 fully saturated rings. The van der Waals surface area contributed by atoms with E-state index in [1.807, 2.05) is 49.1 Å². The van der Waals surface area contributed by atoms with Crippen LogP contribution in [-0.2, 0) is 16.1 Å². The van der Waals surface area contributed by atoms with Crippen LogP contribution in [0.4, 0.5) is 10.1 Å². The highest BCUT2D eigenvalue weighted by Crippen LogP contribution is 2.29. The number of piperazine rings is 1. The predicted molar refractivity (Wildman–Crippen MR) is 133 cm³/mol. The normalized spacial score (nSPS) is 20.4. The Labute approximate surface area is 202 Å². The van der Waals surface area contributed by atoms with Crippen LogP contribution in [0.5, 0.6) is 0 Å². The van der Waals surface area contributed by atoms with Crippen LogP contribution in [0.25, 0.3) is 0 Å². The van der Waals surface area contributed by atoms with Crippen molar-refractivity contribution in [2.75, 3.05) is 25.0 Å². The second-order valence-corrected chi connectivity index (χ2v) is 9.92. The van der Waals surface area contributed by atoms with Crippen LogP contribution in [0.3, 0.4) is 0 Å². The molecule has 4 rings (SSSR count). The predicted octanol–water partition coefficient (Wildman–Crippen LogP) is 5.10. The molecular formula is C28H36FN3O2. The molecule has 1 N–H and O–H groups in total. The molecule has 0 aromatic heterocycles. The van der Waals surface area contributed by atoms with Crippen LogP contribution in [-0.4, -0.2) is 47.3 Å². The highest BCUT2D eigenvalue weighted by atomic mass is 19.1. The van der Waals surface area contributed by atoms with Gasteiger partial charge in [0.2, 0.25) is 11.8 Å². The Kier molecular flexibility index (Phi) is 7.67. The molecule has 1 aliphatic heterocycles. The van der Waals surface area contributed by atoms with Gasteiger partial charge in [-0.25, -0.2) is 4.39 Å². The first-order chi connectivity index (χ1) is 16.3. The summed E-state index contributed by atoms with van der Waals surface area (Å²) >= 11 is 0. The zero-order valence-electron chi connectivity index (χ0n) is 20.5. The minimum absolute atomic E-state index is 0.111. The number of nitrogens with zero attached hydrogens (tertiary/aromatic N) is 2. The van der Waals surface area contributed by atoms with Gasteiger partial charge in [-0.2, -0.15) is 0 Å². The van der Waals surface area contributed by atoms with Crippen LogP contribution >= 0.6 is 0 Å². The van der Waals surface area contributed by atoms with E-state index < -0.39 is 0 Å². The zero-order valence-corrected chi connectivity index (χ0v) is 20.5. The molecule has 182 valence electrons. The molecule has 2 amide bonds. The summed E-state index contributed by atoms with van der Waals surface area (Å²) in [5, 5.41) is 3.00. The van der Waals surface area contributed by atoms with Crippen LogP contribution in [0.15, 0.2) is 42.5 Å². The fourth-order valence-corrected chi connectivity index (χ4v) is 5.32. The molecular weight excluding hydrogens is 429 g/mol. The molecule has 0 radical (unpaired) electrons. The van der Waals surface area contributed by atoms with E-state index >= 15 is 0 Å². The fourth-order valence-electron chi connectivity index (χ4n) is 5.32. The van der Waals surface area contributed by atoms with Gasteiger partial charge in [-0.1, -0.05) is 43.2 Å². The maximum absolute atomic E-state index is 14.8. The Balaban J connectivity index is 1.41. The third-order valence-corrected chi connectivity index (χ3v) is 7.57. The van der Waals surface area contributed by atoms with Gasteiger partial charge in [0.1, 0.15) is 5.82 Å². The van der Waals surface area contributed by atoms with Crippen LogP contribution in [0.2, 0.25) is 0 Å². The Bertz CT molecular complexity index is 1020. The molecule has 2 aliphatic rings. The van der Waals surface area contributed by atoms with Gasteiger partial charge in [0.15, 0.2) is 0 Å². The van der Waals surface area contributed by atoms with E-state index in [1.54, 1.807) is 6.07 Å². The summed E-state index contributed by atoms with van der Waals surface area (Å²) in [5.41, 5.74) is 2.95. The summed E-state index contributed by atoms with van der Waals surface area (Å²) in [5.74, 6) is -0.194. The Morgan fingerprint density at radius 3 is 2.47 bits per heavy atom. The van der Waals surface area contributed by atoms with E-state index in [4.69, 9.17) is 0 Å². The quantitative estimate of drug-likeness (QED) is 0.646. The van der Waals surface area contributed by atoms with Crippen molar-refractivity contribution in [1.82, 2.24) is 9.80 Å². The Hall–Kier alpha value is -2.73. The molecule has 2 aromatic carbocycles. The number of carbonyl (C=O) groups excluding carboxylic acids is 2. The van der Waals surface area contributed by atoms with Crippen LogP contribution in [0.1, 0.15) is 62.1 Å². The number of rotatable bonds is 6. The van der Waals surface area contributed by atoms with Crippen molar-refractivity contribution in [3.63, 3.8) is 0 Å². The average Bonchev–Trinajstić information content (AvgIpc) is 3.38. The molecule has 1 saturated carbocycles. The molecule has 2 atom stereocenters. The number of nitrogens with one attached hydrogen (secondary N) is 1.